The van der Waals surface area contributed by atoms with Crippen molar-refractivity contribution < 1.29 is 0 Å². The summed E-state index contributed by atoms with van der Waals surface area (Å²) in [5, 5.41) is 7.41. The van der Waals surface area contributed by atoms with E-state index >= 15 is 0 Å². The summed E-state index contributed by atoms with van der Waals surface area (Å²) in [5.74, 6) is 0. The van der Waals surface area contributed by atoms with Gasteiger partial charge in [-0.3, -0.25) is 0 Å². The number of hydrogen-bond acceptors (Lipinski definition) is 5. The molecule has 92 valence electrons. The summed E-state index contributed by atoms with van der Waals surface area (Å²) >= 11 is 3.42. The summed E-state index contributed by atoms with van der Waals surface area (Å²) in [6.07, 6.45) is 1.92. The van der Waals surface area contributed by atoms with E-state index in [-0.39, 0.29) is 5.41 Å². The third kappa shape index (κ3) is 2.91. The lowest BCUT2D eigenvalue weighted by atomic mass is 9.98. The number of rotatable bonds is 3. The molecule has 0 saturated carbocycles. The maximum atomic E-state index is 4.67. The van der Waals surface area contributed by atoms with Gasteiger partial charge in [-0.2, -0.15) is 0 Å². The lowest BCUT2D eigenvalue weighted by molar-refractivity contribution is 0.586. The van der Waals surface area contributed by atoms with Crippen LogP contribution in [0.25, 0.3) is 10.7 Å². The molecule has 0 aromatic carbocycles. The molecule has 17 heavy (non-hydrogen) atoms. The minimum absolute atomic E-state index is 0.119. The van der Waals surface area contributed by atoms with Crippen molar-refractivity contribution in [2.75, 3.05) is 7.05 Å². The normalized spacial score (nSPS) is 12.0. The second kappa shape index (κ2) is 4.84. The van der Waals surface area contributed by atoms with Gasteiger partial charge >= 0.3 is 0 Å². The molecule has 0 fully saturated rings. The van der Waals surface area contributed by atoms with Gasteiger partial charge in [0.05, 0.1) is 5.01 Å². The van der Waals surface area contributed by atoms with Crippen LogP contribution in [-0.4, -0.2) is 17.0 Å². The maximum Gasteiger partial charge on any atom is 0.142 e. The molecule has 2 rings (SSSR count). The Bertz CT molecular complexity index is 494. The van der Waals surface area contributed by atoms with Crippen LogP contribution in [0.1, 0.15) is 30.7 Å². The van der Waals surface area contributed by atoms with Gasteiger partial charge in [-0.25, -0.2) is 9.97 Å². The van der Waals surface area contributed by atoms with Gasteiger partial charge in [-0.1, -0.05) is 20.8 Å². The van der Waals surface area contributed by atoms with E-state index < -0.39 is 0 Å². The molecule has 0 atom stereocenters. The minimum atomic E-state index is 0.119. The highest BCUT2D eigenvalue weighted by Gasteiger charge is 2.19. The van der Waals surface area contributed by atoms with Crippen LogP contribution in [0.4, 0.5) is 0 Å². The zero-order chi connectivity index (χ0) is 12.5. The van der Waals surface area contributed by atoms with Gasteiger partial charge in [0.1, 0.15) is 10.7 Å². The Hall–Kier alpha value is -0.780. The molecule has 2 aromatic rings. The fraction of sp³-hybridized carbons (Fsp3) is 0.500. The number of nitrogens with zero attached hydrogens (tertiary/aromatic N) is 2. The standard InChI is InChI=1S/C12H17N3S2/c1-12(2,3)11-15-9(7-16-11)10-14-6-8(17-10)5-13-4/h6-7,13H,5H2,1-4H3. The Kier molecular flexibility index (Phi) is 3.61. The Balaban J connectivity index is 2.24. The molecule has 0 saturated heterocycles. The predicted molar refractivity (Wildman–Crippen MR) is 74.7 cm³/mol. The summed E-state index contributed by atoms with van der Waals surface area (Å²) in [4.78, 5) is 10.3. The van der Waals surface area contributed by atoms with Gasteiger partial charge in [0.15, 0.2) is 0 Å². The van der Waals surface area contributed by atoms with Gasteiger partial charge in [-0.15, -0.1) is 22.7 Å². The smallest absolute Gasteiger partial charge is 0.142 e. The first-order valence-electron chi connectivity index (χ1n) is 5.56. The first kappa shape index (κ1) is 12.7. The van der Waals surface area contributed by atoms with Crippen LogP contribution in [0.2, 0.25) is 0 Å². The van der Waals surface area contributed by atoms with Crippen molar-refractivity contribution in [1.29, 1.82) is 0 Å². The van der Waals surface area contributed by atoms with E-state index in [1.165, 1.54) is 4.88 Å². The predicted octanol–water partition coefficient (Wildman–Crippen LogP) is 3.28. The van der Waals surface area contributed by atoms with Crippen LogP contribution in [0.15, 0.2) is 11.6 Å². The van der Waals surface area contributed by atoms with Crippen molar-refractivity contribution in [2.24, 2.45) is 0 Å². The molecular formula is C12H17N3S2. The maximum absolute atomic E-state index is 4.67. The van der Waals surface area contributed by atoms with Gasteiger partial charge < -0.3 is 5.32 Å². The third-order valence-corrected chi connectivity index (χ3v) is 4.56. The molecule has 2 aromatic heterocycles. The number of hydrogen-bond donors (Lipinski definition) is 1. The van der Waals surface area contributed by atoms with Crippen molar-refractivity contribution in [2.45, 2.75) is 32.7 Å². The minimum Gasteiger partial charge on any atom is -0.315 e. The van der Waals surface area contributed by atoms with E-state index in [0.717, 1.165) is 22.3 Å². The SMILES string of the molecule is CNCc1cnc(-c2csc(C(C)(C)C)n2)s1. The second-order valence-corrected chi connectivity index (χ2v) is 6.92. The molecular weight excluding hydrogens is 250 g/mol. The zero-order valence-corrected chi connectivity index (χ0v) is 12.2. The van der Waals surface area contributed by atoms with Crippen LogP contribution in [0.3, 0.4) is 0 Å². The molecule has 0 radical (unpaired) electrons. The number of aromatic nitrogens is 2. The van der Waals surface area contributed by atoms with Gasteiger partial charge in [-0.05, 0) is 7.05 Å². The first-order valence-corrected chi connectivity index (χ1v) is 7.26. The molecule has 3 nitrogen and oxygen atoms in total. The van der Waals surface area contributed by atoms with Crippen LogP contribution in [0, 0.1) is 0 Å². The molecule has 2 heterocycles. The van der Waals surface area contributed by atoms with E-state index in [4.69, 9.17) is 0 Å². The number of nitrogens with one attached hydrogen (secondary N) is 1. The van der Waals surface area contributed by atoms with Crippen LogP contribution < -0.4 is 5.32 Å². The molecule has 0 unspecified atom stereocenters. The topological polar surface area (TPSA) is 37.8 Å². The second-order valence-electron chi connectivity index (χ2n) is 4.95. The van der Waals surface area contributed by atoms with Crippen molar-refractivity contribution >= 4 is 22.7 Å². The lowest BCUT2D eigenvalue weighted by Gasteiger charge is -2.13. The van der Waals surface area contributed by atoms with Crippen molar-refractivity contribution in [3.05, 3.63) is 21.5 Å². The van der Waals surface area contributed by atoms with Gasteiger partial charge in [0, 0.05) is 28.4 Å². The quantitative estimate of drug-likeness (QED) is 0.927. The van der Waals surface area contributed by atoms with E-state index in [1.807, 2.05) is 13.2 Å². The van der Waals surface area contributed by atoms with E-state index in [2.05, 4.69) is 41.4 Å². The molecule has 0 aliphatic heterocycles. The molecule has 1 N–H and O–H groups in total. The zero-order valence-electron chi connectivity index (χ0n) is 10.6. The van der Waals surface area contributed by atoms with Crippen molar-refractivity contribution in [3.63, 3.8) is 0 Å². The average molecular weight is 267 g/mol. The Labute approximate surface area is 110 Å². The Morgan fingerprint density at radius 3 is 2.71 bits per heavy atom. The number of thiazole rings is 2. The van der Waals surface area contributed by atoms with Gasteiger partial charge in [0.25, 0.3) is 0 Å². The van der Waals surface area contributed by atoms with Gasteiger partial charge in [0.2, 0.25) is 0 Å². The molecule has 0 aliphatic rings. The van der Waals surface area contributed by atoms with E-state index in [0.29, 0.717) is 0 Å². The molecule has 0 aliphatic carbocycles. The molecule has 0 bridgehead atoms. The van der Waals surface area contributed by atoms with Crippen LogP contribution in [0.5, 0.6) is 0 Å². The van der Waals surface area contributed by atoms with Crippen LogP contribution >= 0.6 is 22.7 Å². The molecule has 0 spiro atoms. The summed E-state index contributed by atoms with van der Waals surface area (Å²) in [7, 11) is 1.94. The highest BCUT2D eigenvalue weighted by atomic mass is 32.1. The first-order chi connectivity index (χ1) is 8.00. The summed E-state index contributed by atoms with van der Waals surface area (Å²) < 4.78 is 0. The monoisotopic (exact) mass is 267 g/mol. The fourth-order valence-corrected chi connectivity index (χ4v) is 3.25. The van der Waals surface area contributed by atoms with E-state index in [1.54, 1.807) is 22.7 Å². The summed E-state index contributed by atoms with van der Waals surface area (Å²) in [5.41, 5.74) is 1.13. The molecule has 0 amide bonds. The van der Waals surface area contributed by atoms with E-state index in [9.17, 15) is 0 Å². The average Bonchev–Trinajstić information content (AvgIpc) is 2.82. The highest BCUT2D eigenvalue weighted by Crippen LogP contribution is 2.31. The fourth-order valence-electron chi connectivity index (χ4n) is 1.40. The largest absolute Gasteiger partial charge is 0.315 e. The van der Waals surface area contributed by atoms with Crippen molar-refractivity contribution in [1.82, 2.24) is 15.3 Å². The Morgan fingerprint density at radius 1 is 1.35 bits per heavy atom. The van der Waals surface area contributed by atoms with Crippen LogP contribution in [-0.2, 0) is 12.0 Å². The molecule has 5 heteroatoms. The summed E-state index contributed by atoms with van der Waals surface area (Å²) in [6, 6.07) is 0. The Morgan fingerprint density at radius 2 is 2.12 bits per heavy atom. The highest BCUT2D eigenvalue weighted by molar-refractivity contribution is 7.15. The summed E-state index contributed by atoms with van der Waals surface area (Å²) in [6.45, 7) is 7.42. The van der Waals surface area contributed by atoms with Crippen molar-refractivity contribution in [3.8, 4) is 10.7 Å². The third-order valence-electron chi connectivity index (χ3n) is 2.27. The lowest BCUT2D eigenvalue weighted by Crippen LogP contribution is -2.10.